The molecule has 0 atom stereocenters. The molecule has 0 aromatic rings. The minimum Gasteiger partial charge on any atom is -0.371 e. The second-order valence-electron chi connectivity index (χ2n) is 7.91. The molecule has 0 rings (SSSR count). The second-order valence-corrected chi connectivity index (χ2v) is 7.91. The van der Waals surface area contributed by atoms with Gasteiger partial charge < -0.3 is 4.74 Å². The van der Waals surface area contributed by atoms with E-state index in [0.29, 0.717) is 12.2 Å². The summed E-state index contributed by atoms with van der Waals surface area (Å²) in [5, 5.41) is 0. The number of hydrogen-bond acceptors (Lipinski definition) is 3. The minimum absolute atomic E-state index is 0.145. The van der Waals surface area contributed by atoms with Crippen LogP contribution in [0, 0.1) is 5.92 Å². The monoisotopic (exact) mass is 354 g/mol. The van der Waals surface area contributed by atoms with Crippen molar-refractivity contribution in [2.24, 2.45) is 5.92 Å². The van der Waals surface area contributed by atoms with Crippen molar-refractivity contribution >= 4 is 11.6 Å². The highest BCUT2D eigenvalue weighted by Gasteiger charge is 2.06. The van der Waals surface area contributed by atoms with Crippen LogP contribution in [0.1, 0.15) is 111 Å². The van der Waals surface area contributed by atoms with Gasteiger partial charge in [0.25, 0.3) is 0 Å². The quantitative estimate of drug-likeness (QED) is 0.272. The van der Waals surface area contributed by atoms with Gasteiger partial charge in [-0.3, -0.25) is 9.59 Å². The van der Waals surface area contributed by atoms with E-state index in [-0.39, 0.29) is 24.4 Å². The van der Waals surface area contributed by atoms with Crippen LogP contribution in [0.3, 0.4) is 0 Å². The van der Waals surface area contributed by atoms with Gasteiger partial charge in [0.15, 0.2) is 5.78 Å². The van der Waals surface area contributed by atoms with Crippen LogP contribution in [0.25, 0.3) is 0 Å². The van der Waals surface area contributed by atoms with Gasteiger partial charge in [0.1, 0.15) is 12.4 Å². The summed E-state index contributed by atoms with van der Waals surface area (Å²) >= 11 is 0. The highest BCUT2D eigenvalue weighted by Crippen LogP contribution is 2.13. The summed E-state index contributed by atoms with van der Waals surface area (Å²) in [6.45, 7) is 8.18. The molecule has 3 heteroatoms. The number of carbonyl (C=O) groups excluding carboxylic acids is 2. The molecule has 3 nitrogen and oxygen atoms in total. The van der Waals surface area contributed by atoms with Crippen molar-refractivity contribution < 1.29 is 14.3 Å². The highest BCUT2D eigenvalue weighted by molar-refractivity contribution is 5.80. The summed E-state index contributed by atoms with van der Waals surface area (Å²) in [7, 11) is 0. The lowest BCUT2D eigenvalue weighted by Gasteiger charge is -2.06. The van der Waals surface area contributed by atoms with Gasteiger partial charge in [-0.05, 0) is 26.7 Å². The van der Waals surface area contributed by atoms with E-state index in [1.807, 2.05) is 27.7 Å². The first-order chi connectivity index (χ1) is 11.9. The smallest absolute Gasteiger partial charge is 0.158 e. The van der Waals surface area contributed by atoms with E-state index in [1.165, 1.54) is 51.4 Å². The summed E-state index contributed by atoms with van der Waals surface area (Å²) in [5.41, 5.74) is 0. The summed E-state index contributed by atoms with van der Waals surface area (Å²) < 4.78 is 5.32. The Morgan fingerprint density at radius 2 is 1.04 bits per heavy atom. The van der Waals surface area contributed by atoms with Gasteiger partial charge in [0.05, 0.1) is 6.10 Å². The molecule has 0 bridgehead atoms. The first-order valence-electron chi connectivity index (χ1n) is 10.6. The van der Waals surface area contributed by atoms with Crippen LogP contribution in [0.5, 0.6) is 0 Å². The molecule has 0 saturated heterocycles. The van der Waals surface area contributed by atoms with Gasteiger partial charge in [-0.2, -0.15) is 0 Å². The van der Waals surface area contributed by atoms with Crippen LogP contribution in [-0.2, 0) is 14.3 Å². The van der Waals surface area contributed by atoms with Crippen LogP contribution in [0.15, 0.2) is 0 Å². The molecule has 0 fully saturated rings. The molecule has 0 aromatic heterocycles. The van der Waals surface area contributed by atoms with E-state index in [1.54, 1.807) is 0 Å². The van der Waals surface area contributed by atoms with E-state index >= 15 is 0 Å². The van der Waals surface area contributed by atoms with Crippen molar-refractivity contribution in [1.29, 1.82) is 0 Å². The molecule has 0 spiro atoms. The van der Waals surface area contributed by atoms with Gasteiger partial charge in [-0.25, -0.2) is 0 Å². The lowest BCUT2D eigenvalue weighted by Crippen LogP contribution is -2.12. The van der Waals surface area contributed by atoms with Crippen LogP contribution in [0.2, 0.25) is 0 Å². The molecule has 0 saturated carbocycles. The molecule has 0 heterocycles. The molecule has 0 radical (unpaired) electrons. The molecule has 148 valence electrons. The molecule has 0 amide bonds. The first kappa shape index (κ1) is 24.3. The average molecular weight is 355 g/mol. The number of ether oxygens (including phenoxy) is 1. The molecule has 0 aliphatic heterocycles. The predicted molar refractivity (Wildman–Crippen MR) is 106 cm³/mol. The van der Waals surface area contributed by atoms with Gasteiger partial charge in [-0.15, -0.1) is 0 Å². The Balaban J connectivity index is 3.19. The largest absolute Gasteiger partial charge is 0.371 e. The van der Waals surface area contributed by atoms with Crippen molar-refractivity contribution in [2.45, 2.75) is 117 Å². The number of ketones is 2. The Morgan fingerprint density at radius 1 is 0.640 bits per heavy atom. The molecule has 0 aliphatic carbocycles. The number of carbonyl (C=O) groups is 2. The van der Waals surface area contributed by atoms with E-state index in [2.05, 4.69) is 0 Å². The summed E-state index contributed by atoms with van der Waals surface area (Å²) in [6, 6.07) is 0. The molecule has 25 heavy (non-hydrogen) atoms. The average Bonchev–Trinajstić information content (AvgIpc) is 2.56. The third-order valence-corrected chi connectivity index (χ3v) is 4.60. The Labute approximate surface area is 156 Å². The van der Waals surface area contributed by atoms with E-state index in [4.69, 9.17) is 4.74 Å². The number of Topliss-reactive ketones (excluding diaryl/α,β-unsaturated/α-hetero) is 2. The van der Waals surface area contributed by atoms with E-state index in [9.17, 15) is 9.59 Å². The predicted octanol–water partition coefficient (Wildman–Crippen LogP) is 6.28. The Kier molecular flexibility index (Phi) is 16.3. The highest BCUT2D eigenvalue weighted by atomic mass is 16.5. The maximum absolute atomic E-state index is 11.6. The van der Waals surface area contributed by atoms with Crippen molar-refractivity contribution in [3.8, 4) is 0 Å². The Hall–Kier alpha value is -0.700. The SMILES string of the molecule is CC(C)OCC(=O)CCCCCCCCCCCCCC(=O)C(C)C. The molecule has 0 unspecified atom stereocenters. The van der Waals surface area contributed by atoms with Crippen LogP contribution in [0.4, 0.5) is 0 Å². The van der Waals surface area contributed by atoms with E-state index in [0.717, 1.165) is 25.7 Å². The van der Waals surface area contributed by atoms with Crippen molar-refractivity contribution in [3.05, 3.63) is 0 Å². The summed E-state index contributed by atoms with van der Waals surface area (Å²) in [6.07, 6.45) is 15.1. The Bertz CT molecular complexity index is 334. The van der Waals surface area contributed by atoms with Crippen LogP contribution < -0.4 is 0 Å². The minimum atomic E-state index is 0.145. The third-order valence-electron chi connectivity index (χ3n) is 4.60. The summed E-state index contributed by atoms with van der Waals surface area (Å²) in [5.74, 6) is 0.851. The normalized spacial score (nSPS) is 11.4. The molecule has 0 N–H and O–H groups in total. The van der Waals surface area contributed by atoms with Gasteiger partial charge in [0, 0.05) is 18.8 Å². The maximum Gasteiger partial charge on any atom is 0.158 e. The van der Waals surface area contributed by atoms with Crippen molar-refractivity contribution in [1.82, 2.24) is 0 Å². The molecule has 0 aliphatic rings. The zero-order valence-corrected chi connectivity index (χ0v) is 17.3. The molecular weight excluding hydrogens is 312 g/mol. The van der Waals surface area contributed by atoms with Gasteiger partial charge >= 0.3 is 0 Å². The fourth-order valence-corrected chi connectivity index (χ4v) is 2.83. The van der Waals surface area contributed by atoms with Gasteiger partial charge in [-0.1, -0.05) is 71.6 Å². The maximum atomic E-state index is 11.6. The Morgan fingerprint density at radius 3 is 1.44 bits per heavy atom. The number of rotatable bonds is 18. The molecule has 0 aromatic carbocycles. The fourth-order valence-electron chi connectivity index (χ4n) is 2.83. The molecular formula is C22H42O3. The fraction of sp³-hybridized carbons (Fsp3) is 0.909. The zero-order chi connectivity index (χ0) is 18.9. The lowest BCUT2D eigenvalue weighted by atomic mass is 10.0. The van der Waals surface area contributed by atoms with Crippen molar-refractivity contribution in [3.63, 3.8) is 0 Å². The number of unbranched alkanes of at least 4 members (excludes halogenated alkanes) is 10. The topological polar surface area (TPSA) is 43.4 Å². The number of hydrogen-bond donors (Lipinski definition) is 0. The van der Waals surface area contributed by atoms with E-state index < -0.39 is 0 Å². The second kappa shape index (κ2) is 16.8. The lowest BCUT2D eigenvalue weighted by molar-refractivity contribution is -0.125. The zero-order valence-electron chi connectivity index (χ0n) is 17.3. The van der Waals surface area contributed by atoms with Crippen molar-refractivity contribution in [2.75, 3.05) is 6.61 Å². The van der Waals surface area contributed by atoms with Crippen LogP contribution in [-0.4, -0.2) is 24.3 Å². The first-order valence-corrected chi connectivity index (χ1v) is 10.6. The summed E-state index contributed by atoms with van der Waals surface area (Å²) in [4.78, 5) is 23.1. The third kappa shape index (κ3) is 17.9. The van der Waals surface area contributed by atoms with Gasteiger partial charge in [0.2, 0.25) is 0 Å². The standard InChI is InChI=1S/C22H42O3/c1-19(2)22(24)17-15-13-11-9-7-5-6-8-10-12-14-16-21(23)18-25-20(3)4/h19-20H,5-18H2,1-4H3. The van der Waals surface area contributed by atoms with Crippen LogP contribution >= 0.6 is 0 Å².